The number of allylic oxidation sites excluding steroid dienone is 2. The highest BCUT2D eigenvalue weighted by Crippen LogP contribution is 2.43. The molecule has 0 amide bonds. The minimum Gasteiger partial charge on any atom is -0.462 e. The van der Waals surface area contributed by atoms with E-state index in [4.69, 9.17) is 9.47 Å². The Morgan fingerprint density at radius 3 is 2.75 bits per heavy atom. The second-order valence-corrected chi connectivity index (χ2v) is 7.66. The maximum Gasteiger partial charge on any atom is 0.315 e. The molecule has 0 spiro atoms. The molecule has 4 rings (SSSR count). The van der Waals surface area contributed by atoms with Gasteiger partial charge in [0.25, 0.3) is 0 Å². The number of aliphatic imine (C=N–C) groups is 1. The van der Waals surface area contributed by atoms with Gasteiger partial charge in [-0.1, -0.05) is 12.1 Å². The number of halogens is 1. The summed E-state index contributed by atoms with van der Waals surface area (Å²) in [6, 6.07) is 6.01. The standard InChI is InChI=1S/C22H24FNO4/c1-13-19(22(26)28-12-16-4-3-11-27-16)20(14-7-9-15(23)10-8-14)21-17(24-13)5-2-6-18(21)25/h7-10,16,19-20H,2-6,11-12H2,1H3/t16-,19?,20-/m0/s1. The first-order valence-electron chi connectivity index (χ1n) is 9.89. The summed E-state index contributed by atoms with van der Waals surface area (Å²) in [5, 5.41) is 0. The van der Waals surface area contributed by atoms with Crippen LogP contribution in [0.2, 0.25) is 0 Å². The van der Waals surface area contributed by atoms with Crippen molar-refractivity contribution in [2.45, 2.75) is 51.0 Å². The van der Waals surface area contributed by atoms with Gasteiger partial charge in [-0.3, -0.25) is 14.6 Å². The highest BCUT2D eigenvalue weighted by molar-refractivity contribution is 6.08. The van der Waals surface area contributed by atoms with E-state index in [1.165, 1.54) is 12.1 Å². The smallest absolute Gasteiger partial charge is 0.315 e. The first-order valence-corrected chi connectivity index (χ1v) is 9.89. The van der Waals surface area contributed by atoms with E-state index in [9.17, 15) is 14.0 Å². The SMILES string of the molecule is CC1=NC2=C(C(=O)CCC2)[C@@H](c2ccc(F)cc2)C1C(=O)OC[C@@H]1CCCO1. The van der Waals surface area contributed by atoms with E-state index in [0.29, 0.717) is 30.7 Å². The summed E-state index contributed by atoms with van der Waals surface area (Å²) >= 11 is 0. The molecule has 28 heavy (non-hydrogen) atoms. The molecule has 1 aliphatic carbocycles. The second-order valence-electron chi connectivity index (χ2n) is 7.66. The molecule has 3 aliphatic rings. The molecule has 2 heterocycles. The fourth-order valence-corrected chi connectivity index (χ4v) is 4.38. The molecule has 1 fully saturated rings. The van der Waals surface area contributed by atoms with E-state index in [0.717, 1.165) is 30.5 Å². The van der Waals surface area contributed by atoms with Crippen LogP contribution in [0.5, 0.6) is 0 Å². The van der Waals surface area contributed by atoms with Gasteiger partial charge in [0.1, 0.15) is 18.3 Å². The quantitative estimate of drug-likeness (QED) is 0.741. The van der Waals surface area contributed by atoms with Crippen molar-refractivity contribution in [1.29, 1.82) is 0 Å². The number of carbonyl (C=O) groups is 2. The van der Waals surface area contributed by atoms with Gasteiger partial charge in [-0.05, 0) is 50.3 Å². The molecule has 1 aromatic carbocycles. The molecule has 3 atom stereocenters. The molecule has 1 aromatic rings. The van der Waals surface area contributed by atoms with Gasteiger partial charge in [0.2, 0.25) is 0 Å². The highest BCUT2D eigenvalue weighted by Gasteiger charge is 2.43. The van der Waals surface area contributed by atoms with Crippen molar-refractivity contribution in [3.63, 3.8) is 0 Å². The average Bonchev–Trinajstić information content (AvgIpc) is 3.19. The maximum atomic E-state index is 13.5. The summed E-state index contributed by atoms with van der Waals surface area (Å²) in [4.78, 5) is 30.4. The summed E-state index contributed by atoms with van der Waals surface area (Å²) in [6.45, 7) is 2.70. The lowest BCUT2D eigenvalue weighted by atomic mass is 9.72. The number of ether oxygens (including phenoxy) is 2. The number of nitrogens with zero attached hydrogens (tertiary/aromatic N) is 1. The number of esters is 1. The number of benzene rings is 1. The minimum atomic E-state index is -0.687. The molecular weight excluding hydrogens is 361 g/mol. The van der Waals surface area contributed by atoms with E-state index >= 15 is 0 Å². The largest absolute Gasteiger partial charge is 0.462 e. The number of carbonyl (C=O) groups excluding carboxylic acids is 2. The van der Waals surface area contributed by atoms with Crippen molar-refractivity contribution in [3.8, 4) is 0 Å². The van der Waals surface area contributed by atoms with E-state index in [1.54, 1.807) is 19.1 Å². The summed E-state index contributed by atoms with van der Waals surface area (Å²) in [5.41, 5.74) is 2.71. The molecule has 148 valence electrons. The third-order valence-electron chi connectivity index (χ3n) is 5.75. The van der Waals surface area contributed by atoms with Gasteiger partial charge in [0.05, 0.1) is 6.10 Å². The Labute approximate surface area is 163 Å². The van der Waals surface area contributed by atoms with E-state index in [1.807, 2.05) is 0 Å². The van der Waals surface area contributed by atoms with Gasteiger partial charge in [0.15, 0.2) is 5.78 Å². The maximum absolute atomic E-state index is 13.5. The van der Waals surface area contributed by atoms with E-state index < -0.39 is 17.8 Å². The van der Waals surface area contributed by atoms with Crippen LogP contribution in [0.15, 0.2) is 40.5 Å². The topological polar surface area (TPSA) is 65.0 Å². The Morgan fingerprint density at radius 1 is 1.25 bits per heavy atom. The van der Waals surface area contributed by atoms with Crippen molar-refractivity contribution in [2.75, 3.05) is 13.2 Å². The summed E-state index contributed by atoms with van der Waals surface area (Å²) in [7, 11) is 0. The molecule has 0 bridgehead atoms. The van der Waals surface area contributed by atoms with E-state index in [-0.39, 0.29) is 24.3 Å². The number of hydrogen-bond donors (Lipinski definition) is 0. The predicted octanol–water partition coefficient (Wildman–Crippen LogP) is 3.73. The van der Waals surface area contributed by atoms with Crippen molar-refractivity contribution in [3.05, 3.63) is 46.9 Å². The van der Waals surface area contributed by atoms with Gasteiger partial charge in [0, 0.05) is 35.9 Å². The lowest BCUT2D eigenvalue weighted by Gasteiger charge is -2.34. The molecule has 0 N–H and O–H groups in total. The molecule has 1 saturated heterocycles. The molecule has 0 aromatic heterocycles. The van der Waals surface area contributed by atoms with Crippen molar-refractivity contribution >= 4 is 17.5 Å². The van der Waals surface area contributed by atoms with Crippen LogP contribution in [0.3, 0.4) is 0 Å². The van der Waals surface area contributed by atoms with Gasteiger partial charge in [-0.15, -0.1) is 0 Å². The first kappa shape index (κ1) is 19.0. The minimum absolute atomic E-state index is 0.0174. The number of ketones is 1. The van der Waals surface area contributed by atoms with Crippen LogP contribution in [-0.2, 0) is 19.1 Å². The lowest BCUT2D eigenvalue weighted by Crippen LogP contribution is -2.38. The number of Topliss-reactive ketones (excluding diaryl/α,β-unsaturated/α-hetero) is 1. The van der Waals surface area contributed by atoms with Gasteiger partial charge < -0.3 is 9.47 Å². The molecule has 6 heteroatoms. The Balaban J connectivity index is 1.67. The van der Waals surface area contributed by atoms with Crippen LogP contribution in [-0.4, -0.2) is 36.8 Å². The van der Waals surface area contributed by atoms with Gasteiger partial charge >= 0.3 is 5.97 Å². The van der Waals surface area contributed by atoms with Crippen LogP contribution in [0.1, 0.15) is 50.5 Å². The predicted molar refractivity (Wildman–Crippen MR) is 102 cm³/mol. The first-order chi connectivity index (χ1) is 13.5. The molecular formula is C22H24FNO4. The van der Waals surface area contributed by atoms with Crippen LogP contribution in [0.25, 0.3) is 0 Å². The fourth-order valence-electron chi connectivity index (χ4n) is 4.38. The zero-order valence-electron chi connectivity index (χ0n) is 15.9. The third kappa shape index (κ3) is 3.65. The summed E-state index contributed by atoms with van der Waals surface area (Å²) in [6.07, 6.45) is 3.70. The number of rotatable bonds is 4. The van der Waals surface area contributed by atoms with Crippen LogP contribution in [0.4, 0.5) is 4.39 Å². The average molecular weight is 385 g/mol. The van der Waals surface area contributed by atoms with Crippen LogP contribution >= 0.6 is 0 Å². The van der Waals surface area contributed by atoms with Gasteiger partial charge in [-0.25, -0.2) is 4.39 Å². The van der Waals surface area contributed by atoms with Crippen LogP contribution < -0.4 is 0 Å². The fraction of sp³-hybridized carbons (Fsp3) is 0.500. The highest BCUT2D eigenvalue weighted by atomic mass is 19.1. The van der Waals surface area contributed by atoms with Crippen molar-refractivity contribution in [1.82, 2.24) is 0 Å². The Kier molecular flexibility index (Phi) is 5.40. The van der Waals surface area contributed by atoms with Crippen molar-refractivity contribution < 1.29 is 23.5 Å². The monoisotopic (exact) mass is 385 g/mol. The molecule has 5 nitrogen and oxygen atoms in total. The molecule has 1 unspecified atom stereocenters. The third-order valence-corrected chi connectivity index (χ3v) is 5.75. The Hall–Kier alpha value is -2.34. The lowest BCUT2D eigenvalue weighted by molar-refractivity contribution is -0.149. The normalized spacial score (nSPS) is 27.4. The molecule has 2 aliphatic heterocycles. The Morgan fingerprint density at radius 2 is 2.04 bits per heavy atom. The zero-order chi connectivity index (χ0) is 19.7. The van der Waals surface area contributed by atoms with Crippen LogP contribution in [0, 0.1) is 11.7 Å². The Bertz CT molecular complexity index is 837. The number of hydrogen-bond acceptors (Lipinski definition) is 5. The molecule has 0 radical (unpaired) electrons. The molecule has 0 saturated carbocycles. The van der Waals surface area contributed by atoms with Crippen molar-refractivity contribution in [2.24, 2.45) is 10.9 Å². The summed E-state index contributed by atoms with van der Waals surface area (Å²) in [5.74, 6) is -1.92. The van der Waals surface area contributed by atoms with E-state index in [2.05, 4.69) is 4.99 Å². The van der Waals surface area contributed by atoms with Gasteiger partial charge in [-0.2, -0.15) is 0 Å². The second kappa shape index (κ2) is 7.95. The summed E-state index contributed by atoms with van der Waals surface area (Å²) < 4.78 is 24.6. The zero-order valence-corrected chi connectivity index (χ0v) is 15.9.